The summed E-state index contributed by atoms with van der Waals surface area (Å²) in [6.45, 7) is 0. The molecule has 1 N–H and O–H groups in total. The molecule has 0 aliphatic rings. The molecular formula is C10H8BrN3O2. The molecule has 6 heteroatoms. The maximum absolute atomic E-state index is 10.9. The second-order valence-electron chi connectivity index (χ2n) is 3.18. The Morgan fingerprint density at radius 3 is 2.81 bits per heavy atom. The van der Waals surface area contributed by atoms with Crippen LogP contribution in [0.5, 0.6) is 0 Å². The van der Waals surface area contributed by atoms with Gasteiger partial charge in [-0.15, -0.1) is 0 Å². The van der Waals surface area contributed by atoms with Gasteiger partial charge in [0.2, 0.25) is 0 Å². The van der Waals surface area contributed by atoms with Crippen molar-refractivity contribution in [3.63, 3.8) is 0 Å². The van der Waals surface area contributed by atoms with E-state index in [0.717, 1.165) is 5.56 Å². The maximum Gasteiger partial charge on any atom is 0.357 e. The highest BCUT2D eigenvalue weighted by molar-refractivity contribution is 9.10. The van der Waals surface area contributed by atoms with Gasteiger partial charge in [0, 0.05) is 25.0 Å². The first-order valence-corrected chi connectivity index (χ1v) is 5.26. The van der Waals surface area contributed by atoms with E-state index >= 15 is 0 Å². The molecule has 82 valence electrons. The van der Waals surface area contributed by atoms with Gasteiger partial charge in [0.1, 0.15) is 10.4 Å². The number of aromatic carboxylic acids is 1. The third-order valence-electron chi connectivity index (χ3n) is 2.15. The summed E-state index contributed by atoms with van der Waals surface area (Å²) in [5.74, 6) is -0.491. The Kier molecular flexibility index (Phi) is 2.74. The molecule has 5 nitrogen and oxygen atoms in total. The monoisotopic (exact) mass is 281 g/mol. The minimum atomic E-state index is -1.06. The van der Waals surface area contributed by atoms with E-state index < -0.39 is 5.97 Å². The van der Waals surface area contributed by atoms with E-state index in [1.54, 1.807) is 30.1 Å². The molecule has 0 aliphatic carbocycles. The van der Waals surface area contributed by atoms with Crippen LogP contribution in [0.4, 0.5) is 0 Å². The molecule has 0 aliphatic heterocycles. The molecule has 0 amide bonds. The van der Waals surface area contributed by atoms with E-state index in [9.17, 15) is 4.79 Å². The molecule has 0 atom stereocenters. The van der Waals surface area contributed by atoms with Gasteiger partial charge < -0.3 is 9.67 Å². The van der Waals surface area contributed by atoms with E-state index in [-0.39, 0.29) is 5.69 Å². The number of nitrogens with zero attached hydrogens (tertiary/aromatic N) is 3. The van der Waals surface area contributed by atoms with E-state index in [1.165, 1.54) is 0 Å². The average molecular weight is 282 g/mol. The number of carboxylic acid groups (broad SMARTS) is 1. The van der Waals surface area contributed by atoms with Crippen molar-refractivity contribution in [3.8, 4) is 11.4 Å². The van der Waals surface area contributed by atoms with Gasteiger partial charge in [0.15, 0.2) is 5.69 Å². The molecule has 2 rings (SSSR count). The predicted octanol–water partition coefficient (Wildman–Crippen LogP) is 1.94. The summed E-state index contributed by atoms with van der Waals surface area (Å²) < 4.78 is 2.11. The summed E-state index contributed by atoms with van der Waals surface area (Å²) in [4.78, 5) is 18.9. The van der Waals surface area contributed by atoms with Crippen molar-refractivity contribution in [2.45, 2.75) is 0 Å². The average Bonchev–Trinajstić information content (AvgIpc) is 2.58. The molecule has 16 heavy (non-hydrogen) atoms. The van der Waals surface area contributed by atoms with Gasteiger partial charge in [0.05, 0.1) is 0 Å². The molecule has 0 unspecified atom stereocenters. The quantitative estimate of drug-likeness (QED) is 0.914. The van der Waals surface area contributed by atoms with Crippen LogP contribution in [0.25, 0.3) is 11.4 Å². The lowest BCUT2D eigenvalue weighted by Crippen LogP contribution is -1.97. The first kappa shape index (κ1) is 10.8. The molecule has 0 spiro atoms. The van der Waals surface area contributed by atoms with Crippen molar-refractivity contribution < 1.29 is 9.90 Å². The van der Waals surface area contributed by atoms with Gasteiger partial charge >= 0.3 is 5.97 Å². The van der Waals surface area contributed by atoms with Crippen molar-refractivity contribution in [1.82, 2.24) is 14.5 Å². The predicted molar refractivity (Wildman–Crippen MR) is 61.1 cm³/mol. The highest BCUT2D eigenvalue weighted by Gasteiger charge is 2.18. The molecule has 0 saturated carbocycles. The van der Waals surface area contributed by atoms with Crippen LogP contribution < -0.4 is 0 Å². The van der Waals surface area contributed by atoms with Crippen LogP contribution in [0, 0.1) is 0 Å². The Hall–Kier alpha value is -1.69. The number of hydrogen-bond donors (Lipinski definition) is 1. The van der Waals surface area contributed by atoms with Crippen LogP contribution in [-0.2, 0) is 7.05 Å². The fourth-order valence-electron chi connectivity index (χ4n) is 1.37. The van der Waals surface area contributed by atoms with Gasteiger partial charge in [-0.3, -0.25) is 4.98 Å². The van der Waals surface area contributed by atoms with Gasteiger partial charge in [-0.25, -0.2) is 9.78 Å². The van der Waals surface area contributed by atoms with Crippen molar-refractivity contribution in [1.29, 1.82) is 0 Å². The summed E-state index contributed by atoms with van der Waals surface area (Å²) in [5, 5.41) is 8.93. The van der Waals surface area contributed by atoms with Gasteiger partial charge in [-0.1, -0.05) is 0 Å². The highest BCUT2D eigenvalue weighted by atomic mass is 79.9. The molecular weight excluding hydrogens is 274 g/mol. The lowest BCUT2D eigenvalue weighted by molar-refractivity contribution is 0.0690. The molecule has 0 radical (unpaired) electrons. The second-order valence-corrected chi connectivity index (χ2v) is 3.93. The van der Waals surface area contributed by atoms with E-state index in [0.29, 0.717) is 10.4 Å². The SMILES string of the molecule is Cn1c(-c2cccnc2)nc(C(=O)O)c1Br. The van der Waals surface area contributed by atoms with E-state index in [1.807, 2.05) is 6.07 Å². The number of halogens is 1. The number of carboxylic acids is 1. The number of aromatic nitrogens is 3. The Morgan fingerprint density at radius 2 is 2.31 bits per heavy atom. The van der Waals surface area contributed by atoms with Gasteiger partial charge in [-0.2, -0.15) is 0 Å². The van der Waals surface area contributed by atoms with Crippen molar-refractivity contribution in [2.75, 3.05) is 0 Å². The molecule has 0 saturated heterocycles. The summed E-state index contributed by atoms with van der Waals surface area (Å²) in [6, 6.07) is 3.60. The number of rotatable bonds is 2. The molecule has 0 bridgehead atoms. The lowest BCUT2D eigenvalue weighted by atomic mass is 10.3. The first-order chi connectivity index (χ1) is 7.61. The fraction of sp³-hybridized carbons (Fsp3) is 0.100. The smallest absolute Gasteiger partial charge is 0.357 e. The van der Waals surface area contributed by atoms with Crippen molar-refractivity contribution in [3.05, 3.63) is 34.8 Å². The van der Waals surface area contributed by atoms with Crippen LogP contribution in [0.1, 0.15) is 10.5 Å². The minimum Gasteiger partial charge on any atom is -0.476 e. The molecule has 0 fully saturated rings. The third kappa shape index (κ3) is 1.71. The molecule has 2 aromatic heterocycles. The third-order valence-corrected chi connectivity index (χ3v) is 3.06. The Balaban J connectivity index is 2.60. The first-order valence-electron chi connectivity index (χ1n) is 4.47. The minimum absolute atomic E-state index is 0.00125. The summed E-state index contributed by atoms with van der Waals surface area (Å²) in [5.41, 5.74) is 0.777. The normalized spacial score (nSPS) is 10.4. The van der Waals surface area contributed by atoms with Crippen molar-refractivity contribution in [2.24, 2.45) is 7.05 Å². The maximum atomic E-state index is 10.9. The van der Waals surface area contributed by atoms with E-state index in [2.05, 4.69) is 25.9 Å². The zero-order chi connectivity index (χ0) is 11.7. The summed E-state index contributed by atoms with van der Waals surface area (Å²) in [6.07, 6.45) is 3.29. The second kappa shape index (κ2) is 4.05. The summed E-state index contributed by atoms with van der Waals surface area (Å²) >= 11 is 3.20. The van der Waals surface area contributed by atoms with Crippen LogP contribution in [0.3, 0.4) is 0 Å². The molecule has 0 aromatic carbocycles. The fourth-order valence-corrected chi connectivity index (χ4v) is 1.79. The topological polar surface area (TPSA) is 68.0 Å². The lowest BCUT2D eigenvalue weighted by Gasteiger charge is -2.00. The van der Waals surface area contributed by atoms with Crippen LogP contribution in [0.15, 0.2) is 29.1 Å². The number of pyridine rings is 1. The van der Waals surface area contributed by atoms with Gasteiger partial charge in [-0.05, 0) is 28.1 Å². The summed E-state index contributed by atoms with van der Waals surface area (Å²) in [7, 11) is 1.74. The van der Waals surface area contributed by atoms with Crippen LogP contribution in [-0.4, -0.2) is 25.6 Å². The highest BCUT2D eigenvalue weighted by Crippen LogP contribution is 2.24. The van der Waals surface area contributed by atoms with E-state index in [4.69, 9.17) is 5.11 Å². The largest absolute Gasteiger partial charge is 0.476 e. The molecule has 2 heterocycles. The number of imidazole rings is 1. The standard InChI is InChI=1S/C10H8BrN3O2/c1-14-8(11)7(10(15)16)13-9(14)6-3-2-4-12-5-6/h2-5H,1H3,(H,15,16). The Morgan fingerprint density at radius 1 is 1.56 bits per heavy atom. The van der Waals surface area contributed by atoms with Crippen LogP contribution in [0.2, 0.25) is 0 Å². The Labute approximate surface area is 99.9 Å². The Bertz CT molecular complexity index is 536. The van der Waals surface area contributed by atoms with Crippen LogP contribution >= 0.6 is 15.9 Å². The number of carbonyl (C=O) groups is 1. The van der Waals surface area contributed by atoms with Crippen molar-refractivity contribution >= 4 is 21.9 Å². The zero-order valence-electron chi connectivity index (χ0n) is 8.38. The molecule has 2 aromatic rings. The van der Waals surface area contributed by atoms with Gasteiger partial charge in [0.25, 0.3) is 0 Å². The number of hydrogen-bond acceptors (Lipinski definition) is 3. The zero-order valence-corrected chi connectivity index (χ0v) is 9.97.